The van der Waals surface area contributed by atoms with E-state index in [9.17, 15) is 14.7 Å². The molecule has 0 unspecified atom stereocenters. The van der Waals surface area contributed by atoms with Crippen molar-refractivity contribution in [2.75, 3.05) is 19.6 Å². The molecule has 1 aromatic carbocycles. The Bertz CT molecular complexity index is 516. The number of hydrogen-bond acceptors (Lipinski definition) is 3. The van der Waals surface area contributed by atoms with Gasteiger partial charge in [-0.15, -0.1) is 0 Å². The van der Waals surface area contributed by atoms with E-state index in [1.54, 1.807) is 17.0 Å². The van der Waals surface area contributed by atoms with Crippen LogP contribution in [-0.4, -0.2) is 46.7 Å². The average Bonchev–Trinajstić information content (AvgIpc) is 2.40. The predicted molar refractivity (Wildman–Crippen MR) is 73.0 cm³/mol. The Morgan fingerprint density at radius 1 is 1.35 bits per heavy atom. The number of hydrogen-bond donors (Lipinski definition) is 3. The topological polar surface area (TPSA) is 89.9 Å². The van der Waals surface area contributed by atoms with Crippen molar-refractivity contribution < 1.29 is 19.8 Å². The Balaban J connectivity index is 1.85. The van der Waals surface area contributed by atoms with E-state index < -0.39 is 6.09 Å². The smallest absolute Gasteiger partial charge is 0.404 e. The maximum Gasteiger partial charge on any atom is 0.404 e. The van der Waals surface area contributed by atoms with Gasteiger partial charge in [-0.25, -0.2) is 4.79 Å². The number of benzene rings is 1. The van der Waals surface area contributed by atoms with Crippen LogP contribution in [0.1, 0.15) is 28.8 Å². The zero-order valence-corrected chi connectivity index (χ0v) is 11.1. The molecule has 0 radical (unpaired) electrons. The summed E-state index contributed by atoms with van der Waals surface area (Å²) < 4.78 is 0. The Morgan fingerprint density at radius 3 is 2.90 bits per heavy atom. The Morgan fingerprint density at radius 2 is 2.15 bits per heavy atom. The molecule has 0 aliphatic carbocycles. The zero-order chi connectivity index (χ0) is 14.5. The average molecular weight is 278 g/mol. The van der Waals surface area contributed by atoms with Crippen LogP contribution in [-0.2, 0) is 6.42 Å². The lowest BCUT2D eigenvalue weighted by Gasteiger charge is -2.28. The molecular formula is C14H18N2O4. The lowest BCUT2D eigenvalue weighted by molar-refractivity contribution is 0.0736. The normalized spacial score (nSPS) is 14.0. The minimum absolute atomic E-state index is 0.0163. The molecule has 108 valence electrons. The van der Waals surface area contributed by atoms with Crippen LogP contribution in [0.25, 0.3) is 0 Å². The molecule has 6 nitrogen and oxygen atoms in total. The first-order valence-corrected chi connectivity index (χ1v) is 6.66. The minimum Gasteiger partial charge on any atom is -0.508 e. The van der Waals surface area contributed by atoms with Crippen LogP contribution in [0, 0.1) is 0 Å². The first kappa shape index (κ1) is 14.2. The summed E-state index contributed by atoms with van der Waals surface area (Å²) >= 11 is 0. The standard InChI is InChI=1S/C14H18N2O4/c17-11-3-4-12-10(9-11)5-8-16(13(12)18)7-2-1-6-15-14(19)20/h3-4,9,15,17H,1-2,5-8H2,(H,19,20). The van der Waals surface area contributed by atoms with Crippen molar-refractivity contribution in [3.05, 3.63) is 29.3 Å². The van der Waals surface area contributed by atoms with E-state index in [4.69, 9.17) is 5.11 Å². The maximum absolute atomic E-state index is 12.2. The van der Waals surface area contributed by atoms with Gasteiger partial charge < -0.3 is 20.4 Å². The van der Waals surface area contributed by atoms with Gasteiger partial charge in [-0.1, -0.05) is 0 Å². The fourth-order valence-corrected chi connectivity index (χ4v) is 2.36. The third-order valence-electron chi connectivity index (χ3n) is 3.39. The van der Waals surface area contributed by atoms with Gasteiger partial charge in [0.25, 0.3) is 5.91 Å². The number of aromatic hydroxyl groups is 1. The number of phenols is 1. The van der Waals surface area contributed by atoms with Crippen LogP contribution in [0.3, 0.4) is 0 Å². The fourth-order valence-electron chi connectivity index (χ4n) is 2.36. The van der Waals surface area contributed by atoms with Crippen molar-refractivity contribution in [3.63, 3.8) is 0 Å². The number of rotatable bonds is 5. The molecule has 1 heterocycles. The largest absolute Gasteiger partial charge is 0.508 e. The SMILES string of the molecule is O=C(O)NCCCCN1CCc2cc(O)ccc2C1=O. The molecule has 0 spiro atoms. The summed E-state index contributed by atoms with van der Waals surface area (Å²) in [6.45, 7) is 1.67. The van der Waals surface area contributed by atoms with E-state index in [1.807, 2.05) is 0 Å². The Hall–Kier alpha value is -2.24. The monoisotopic (exact) mass is 278 g/mol. The third-order valence-corrected chi connectivity index (χ3v) is 3.39. The van der Waals surface area contributed by atoms with Gasteiger partial charge in [0.15, 0.2) is 0 Å². The molecule has 1 aliphatic heterocycles. The van der Waals surface area contributed by atoms with E-state index >= 15 is 0 Å². The van der Waals surface area contributed by atoms with Crippen LogP contribution in [0.2, 0.25) is 0 Å². The van der Waals surface area contributed by atoms with Gasteiger partial charge in [0.2, 0.25) is 0 Å². The number of carbonyl (C=O) groups is 2. The number of fused-ring (bicyclic) bond motifs is 1. The van der Waals surface area contributed by atoms with Crippen molar-refractivity contribution >= 4 is 12.0 Å². The summed E-state index contributed by atoms with van der Waals surface area (Å²) in [6, 6.07) is 4.82. The molecule has 0 atom stereocenters. The highest BCUT2D eigenvalue weighted by Gasteiger charge is 2.23. The first-order valence-electron chi connectivity index (χ1n) is 6.66. The summed E-state index contributed by atoms with van der Waals surface area (Å²) in [6.07, 6.45) is 1.19. The van der Waals surface area contributed by atoms with Gasteiger partial charge in [0, 0.05) is 25.2 Å². The van der Waals surface area contributed by atoms with Crippen LogP contribution in [0.15, 0.2) is 18.2 Å². The molecule has 1 aliphatic rings. The molecule has 0 saturated heterocycles. The zero-order valence-electron chi connectivity index (χ0n) is 11.1. The molecular weight excluding hydrogens is 260 g/mol. The van der Waals surface area contributed by atoms with E-state index in [1.165, 1.54) is 6.07 Å². The lowest BCUT2D eigenvalue weighted by atomic mass is 9.98. The van der Waals surface area contributed by atoms with Crippen molar-refractivity contribution in [1.82, 2.24) is 10.2 Å². The number of nitrogens with zero attached hydrogens (tertiary/aromatic N) is 1. The van der Waals surface area contributed by atoms with Crippen molar-refractivity contribution in [2.45, 2.75) is 19.3 Å². The number of carbonyl (C=O) groups excluding carboxylic acids is 1. The number of phenolic OH excluding ortho intramolecular Hbond substituents is 1. The molecule has 6 heteroatoms. The van der Waals surface area contributed by atoms with Gasteiger partial charge in [0.05, 0.1) is 0 Å². The summed E-state index contributed by atoms with van der Waals surface area (Å²) in [5, 5.41) is 20.1. The Kier molecular flexibility index (Phi) is 4.45. The van der Waals surface area contributed by atoms with E-state index in [-0.39, 0.29) is 11.7 Å². The predicted octanol–water partition coefficient (Wildman–Crippen LogP) is 1.44. The fraction of sp³-hybridized carbons (Fsp3) is 0.429. The molecule has 20 heavy (non-hydrogen) atoms. The molecule has 1 aromatic rings. The summed E-state index contributed by atoms with van der Waals surface area (Å²) in [5.41, 5.74) is 1.54. The number of amides is 2. The Labute approximate surface area is 117 Å². The second-order valence-corrected chi connectivity index (χ2v) is 4.82. The highest BCUT2D eigenvalue weighted by atomic mass is 16.4. The highest BCUT2D eigenvalue weighted by Crippen LogP contribution is 2.23. The van der Waals surface area contributed by atoms with Crippen LogP contribution < -0.4 is 5.32 Å². The van der Waals surface area contributed by atoms with E-state index in [2.05, 4.69) is 5.32 Å². The number of unbranched alkanes of at least 4 members (excludes halogenated alkanes) is 1. The van der Waals surface area contributed by atoms with Gasteiger partial charge in [-0.2, -0.15) is 0 Å². The van der Waals surface area contributed by atoms with E-state index in [0.717, 1.165) is 18.4 Å². The molecule has 0 saturated carbocycles. The van der Waals surface area contributed by atoms with Crippen molar-refractivity contribution in [2.24, 2.45) is 0 Å². The molecule has 2 amide bonds. The second-order valence-electron chi connectivity index (χ2n) is 4.82. The summed E-state index contributed by atoms with van der Waals surface area (Å²) in [7, 11) is 0. The van der Waals surface area contributed by atoms with Crippen LogP contribution in [0.4, 0.5) is 4.79 Å². The van der Waals surface area contributed by atoms with Crippen LogP contribution >= 0.6 is 0 Å². The molecule has 3 N–H and O–H groups in total. The quantitative estimate of drug-likeness (QED) is 0.711. The van der Waals surface area contributed by atoms with Gasteiger partial charge in [0.1, 0.15) is 5.75 Å². The minimum atomic E-state index is -1.02. The third kappa shape index (κ3) is 3.40. The van der Waals surface area contributed by atoms with Gasteiger partial charge in [-0.3, -0.25) is 4.79 Å². The number of nitrogens with one attached hydrogen (secondary N) is 1. The number of carboxylic acid groups (broad SMARTS) is 1. The van der Waals surface area contributed by atoms with Crippen molar-refractivity contribution in [3.8, 4) is 5.75 Å². The van der Waals surface area contributed by atoms with Gasteiger partial charge >= 0.3 is 6.09 Å². The summed E-state index contributed by atoms with van der Waals surface area (Å²) in [4.78, 5) is 24.3. The first-order chi connectivity index (χ1) is 9.58. The molecule has 0 bridgehead atoms. The molecule has 0 fully saturated rings. The van der Waals surface area contributed by atoms with Crippen molar-refractivity contribution in [1.29, 1.82) is 0 Å². The summed E-state index contributed by atoms with van der Waals surface area (Å²) in [5.74, 6) is 0.169. The van der Waals surface area contributed by atoms with Gasteiger partial charge in [-0.05, 0) is 43.0 Å². The lowest BCUT2D eigenvalue weighted by Crippen LogP contribution is -2.38. The molecule has 0 aromatic heterocycles. The van der Waals surface area contributed by atoms with Crippen LogP contribution in [0.5, 0.6) is 5.75 Å². The highest BCUT2D eigenvalue weighted by molar-refractivity contribution is 5.96. The second kappa shape index (κ2) is 6.27. The molecule has 2 rings (SSSR count). The van der Waals surface area contributed by atoms with E-state index in [0.29, 0.717) is 31.6 Å². The maximum atomic E-state index is 12.2.